The SMILES string of the molecule is Cc1cc(-c2cccc(C(N)=O)c2C)ccc1O[C@H]1O[C@@H](CO)[C@@H](O)[C@H](O)[C@H]1O. The van der Waals surface area contributed by atoms with E-state index in [9.17, 15) is 25.2 Å². The number of primary amides is 1. The van der Waals surface area contributed by atoms with E-state index in [-0.39, 0.29) is 0 Å². The molecule has 0 spiro atoms. The van der Waals surface area contributed by atoms with E-state index in [1.54, 1.807) is 31.2 Å². The van der Waals surface area contributed by atoms with E-state index in [0.717, 1.165) is 22.3 Å². The third kappa shape index (κ3) is 4.12. The molecule has 0 aliphatic carbocycles. The first-order chi connectivity index (χ1) is 13.7. The Morgan fingerprint density at radius 3 is 2.45 bits per heavy atom. The van der Waals surface area contributed by atoms with Gasteiger partial charge in [0.25, 0.3) is 0 Å². The first-order valence-corrected chi connectivity index (χ1v) is 9.22. The Hall–Kier alpha value is -2.49. The maximum Gasteiger partial charge on any atom is 0.248 e. The lowest BCUT2D eigenvalue weighted by Gasteiger charge is -2.39. The van der Waals surface area contributed by atoms with Gasteiger partial charge in [-0.05, 0) is 54.3 Å². The maximum absolute atomic E-state index is 11.6. The molecule has 1 amide bonds. The minimum absolute atomic E-state index is 0.404. The molecule has 0 bridgehead atoms. The molecule has 1 fully saturated rings. The molecule has 0 radical (unpaired) electrons. The lowest BCUT2D eigenvalue weighted by molar-refractivity contribution is -0.277. The number of aryl methyl sites for hydroxylation is 1. The van der Waals surface area contributed by atoms with Crippen molar-refractivity contribution < 1.29 is 34.7 Å². The molecule has 0 aromatic heterocycles. The van der Waals surface area contributed by atoms with Crippen LogP contribution in [-0.2, 0) is 4.74 Å². The molecule has 8 heteroatoms. The highest BCUT2D eigenvalue weighted by Gasteiger charge is 2.44. The lowest BCUT2D eigenvalue weighted by Crippen LogP contribution is -2.60. The number of carbonyl (C=O) groups is 1. The van der Waals surface area contributed by atoms with E-state index in [0.29, 0.717) is 11.3 Å². The van der Waals surface area contributed by atoms with Crippen molar-refractivity contribution >= 4 is 5.91 Å². The first-order valence-electron chi connectivity index (χ1n) is 9.22. The van der Waals surface area contributed by atoms with E-state index in [2.05, 4.69) is 0 Å². The molecule has 0 unspecified atom stereocenters. The number of benzene rings is 2. The molecule has 5 atom stereocenters. The molecule has 0 saturated carbocycles. The normalized spacial score (nSPS) is 26.9. The largest absolute Gasteiger partial charge is 0.462 e. The molecule has 8 nitrogen and oxygen atoms in total. The van der Waals surface area contributed by atoms with Gasteiger partial charge in [0.2, 0.25) is 12.2 Å². The zero-order valence-corrected chi connectivity index (χ0v) is 16.1. The van der Waals surface area contributed by atoms with Crippen LogP contribution < -0.4 is 10.5 Å². The van der Waals surface area contributed by atoms with Crippen LogP contribution in [0.1, 0.15) is 21.5 Å². The molecule has 6 N–H and O–H groups in total. The van der Waals surface area contributed by atoms with Gasteiger partial charge in [-0.2, -0.15) is 0 Å². The van der Waals surface area contributed by atoms with E-state index in [1.165, 1.54) is 0 Å². The van der Waals surface area contributed by atoms with Gasteiger partial charge < -0.3 is 35.6 Å². The highest BCUT2D eigenvalue weighted by Crippen LogP contribution is 2.31. The molecule has 2 aromatic carbocycles. The quantitative estimate of drug-likeness (QED) is 0.481. The van der Waals surface area contributed by atoms with Gasteiger partial charge in [0, 0.05) is 5.56 Å². The highest BCUT2D eigenvalue weighted by molar-refractivity contribution is 5.96. The molecule has 1 aliphatic heterocycles. The molecule has 3 rings (SSSR count). The van der Waals surface area contributed by atoms with Gasteiger partial charge in [0.15, 0.2) is 0 Å². The van der Waals surface area contributed by atoms with Crippen LogP contribution >= 0.6 is 0 Å². The summed E-state index contributed by atoms with van der Waals surface area (Å²) in [7, 11) is 0. The van der Waals surface area contributed by atoms with Crippen LogP contribution in [0.3, 0.4) is 0 Å². The Morgan fingerprint density at radius 2 is 1.83 bits per heavy atom. The second kappa shape index (κ2) is 8.48. The predicted molar refractivity (Wildman–Crippen MR) is 104 cm³/mol. The van der Waals surface area contributed by atoms with Crippen molar-refractivity contribution in [2.75, 3.05) is 6.61 Å². The number of aliphatic hydroxyl groups excluding tert-OH is 4. The Labute approximate surface area is 168 Å². The van der Waals surface area contributed by atoms with Crippen LogP contribution in [0.25, 0.3) is 11.1 Å². The van der Waals surface area contributed by atoms with E-state index >= 15 is 0 Å². The number of rotatable bonds is 5. The summed E-state index contributed by atoms with van der Waals surface area (Å²) in [5.74, 6) is -0.0922. The van der Waals surface area contributed by atoms with Crippen molar-refractivity contribution in [2.45, 2.75) is 44.6 Å². The molecule has 29 heavy (non-hydrogen) atoms. The molecular formula is C21H25NO7. The lowest BCUT2D eigenvalue weighted by atomic mass is 9.95. The van der Waals surface area contributed by atoms with Gasteiger partial charge in [0.1, 0.15) is 30.2 Å². The number of amides is 1. The van der Waals surface area contributed by atoms with Crippen LogP contribution in [0.5, 0.6) is 5.75 Å². The Kier molecular flexibility index (Phi) is 6.21. The van der Waals surface area contributed by atoms with Gasteiger partial charge in [0.05, 0.1) is 6.61 Å². The van der Waals surface area contributed by atoms with Crippen molar-refractivity contribution in [2.24, 2.45) is 5.73 Å². The average Bonchev–Trinajstić information content (AvgIpc) is 2.69. The minimum atomic E-state index is -1.51. The van der Waals surface area contributed by atoms with Crippen LogP contribution in [0.15, 0.2) is 36.4 Å². The zero-order chi connectivity index (χ0) is 21.3. The van der Waals surface area contributed by atoms with Crippen molar-refractivity contribution in [1.29, 1.82) is 0 Å². The summed E-state index contributed by atoms with van der Waals surface area (Å²) >= 11 is 0. The Morgan fingerprint density at radius 1 is 1.10 bits per heavy atom. The van der Waals surface area contributed by atoms with E-state index in [4.69, 9.17) is 15.2 Å². The van der Waals surface area contributed by atoms with Gasteiger partial charge >= 0.3 is 0 Å². The molecule has 1 aliphatic rings. The van der Waals surface area contributed by atoms with Gasteiger partial charge in [-0.15, -0.1) is 0 Å². The third-order valence-corrected chi connectivity index (χ3v) is 5.18. The number of aliphatic hydroxyl groups is 4. The molecule has 1 heterocycles. The first kappa shape index (κ1) is 21.2. The minimum Gasteiger partial charge on any atom is -0.462 e. The van der Waals surface area contributed by atoms with Crippen LogP contribution in [0.4, 0.5) is 0 Å². The smallest absolute Gasteiger partial charge is 0.248 e. The topological polar surface area (TPSA) is 142 Å². The summed E-state index contributed by atoms with van der Waals surface area (Å²) < 4.78 is 11.1. The summed E-state index contributed by atoms with van der Waals surface area (Å²) in [5.41, 5.74) is 9.06. The zero-order valence-electron chi connectivity index (χ0n) is 16.1. The highest BCUT2D eigenvalue weighted by atomic mass is 16.7. The van der Waals surface area contributed by atoms with Gasteiger partial charge in [-0.1, -0.05) is 18.2 Å². The predicted octanol–water partition coefficient (Wildman–Crippen LogP) is 0.248. The standard InChI is InChI=1S/C21H25NO7/c1-10-8-12(13-4-3-5-14(11(13)2)20(22)27)6-7-15(10)28-21-19(26)18(25)17(24)16(9-23)29-21/h3-8,16-19,21,23-26H,9H2,1-2H3,(H2,22,27)/t16-,17+,18-,19+,21-/m0/s1. The van der Waals surface area contributed by atoms with E-state index in [1.807, 2.05) is 19.1 Å². The van der Waals surface area contributed by atoms with Gasteiger partial charge in [-0.25, -0.2) is 0 Å². The summed E-state index contributed by atoms with van der Waals surface area (Å²) in [6.45, 7) is 3.09. The van der Waals surface area contributed by atoms with Crippen molar-refractivity contribution in [3.63, 3.8) is 0 Å². The van der Waals surface area contributed by atoms with Crippen molar-refractivity contribution in [3.05, 3.63) is 53.1 Å². The number of carbonyl (C=O) groups excluding carboxylic acids is 1. The number of ether oxygens (including phenoxy) is 2. The Balaban J connectivity index is 1.86. The van der Waals surface area contributed by atoms with Crippen LogP contribution in [0.2, 0.25) is 0 Å². The molecule has 156 valence electrons. The monoisotopic (exact) mass is 403 g/mol. The second-order valence-corrected chi connectivity index (χ2v) is 7.14. The van der Waals surface area contributed by atoms with Gasteiger partial charge in [-0.3, -0.25) is 4.79 Å². The van der Waals surface area contributed by atoms with E-state index < -0.39 is 43.2 Å². The number of nitrogens with two attached hydrogens (primary N) is 1. The molecule has 1 saturated heterocycles. The fraction of sp³-hybridized carbons (Fsp3) is 0.381. The summed E-state index contributed by atoms with van der Waals surface area (Å²) in [4.78, 5) is 11.6. The number of hydrogen-bond donors (Lipinski definition) is 5. The summed E-state index contributed by atoms with van der Waals surface area (Å²) in [5, 5.41) is 39.2. The fourth-order valence-electron chi connectivity index (χ4n) is 3.45. The molecular weight excluding hydrogens is 378 g/mol. The number of hydrogen-bond acceptors (Lipinski definition) is 7. The Bertz CT molecular complexity index is 899. The summed E-state index contributed by atoms with van der Waals surface area (Å²) in [6.07, 6.45) is -6.74. The maximum atomic E-state index is 11.6. The van der Waals surface area contributed by atoms with Crippen molar-refractivity contribution in [1.82, 2.24) is 0 Å². The van der Waals surface area contributed by atoms with Crippen molar-refractivity contribution in [3.8, 4) is 16.9 Å². The average molecular weight is 403 g/mol. The fourth-order valence-corrected chi connectivity index (χ4v) is 3.45. The molecule has 2 aromatic rings. The second-order valence-electron chi connectivity index (χ2n) is 7.14. The van der Waals surface area contributed by atoms with Crippen LogP contribution in [0, 0.1) is 13.8 Å². The third-order valence-electron chi connectivity index (χ3n) is 5.18. The van der Waals surface area contributed by atoms with Crippen LogP contribution in [-0.4, -0.2) is 63.6 Å². The summed E-state index contributed by atoms with van der Waals surface area (Å²) in [6, 6.07) is 10.6.